The van der Waals surface area contributed by atoms with Crippen molar-refractivity contribution in [1.82, 2.24) is 10.2 Å². The Morgan fingerprint density at radius 3 is 2.09 bits per heavy atom. The van der Waals surface area contributed by atoms with Crippen LogP contribution in [-0.4, -0.2) is 57.1 Å². The van der Waals surface area contributed by atoms with Gasteiger partial charge in [-0.1, -0.05) is 63.2 Å². The Morgan fingerprint density at radius 1 is 1.00 bits per heavy atom. The second-order valence-corrected chi connectivity index (χ2v) is 11.4. The maximum atomic E-state index is 13.4. The van der Waals surface area contributed by atoms with Crippen molar-refractivity contribution in [3.05, 3.63) is 65.7 Å². The average molecular weight is 488 g/mol. The lowest BCUT2D eigenvalue weighted by Crippen LogP contribution is -2.52. The van der Waals surface area contributed by atoms with Crippen molar-refractivity contribution in [3.63, 3.8) is 0 Å². The molecule has 34 heavy (non-hydrogen) atoms. The third kappa shape index (κ3) is 7.58. The highest BCUT2D eigenvalue weighted by Crippen LogP contribution is 2.26. The average Bonchev–Trinajstić information content (AvgIpc) is 2.77. The molecule has 0 saturated heterocycles. The zero-order chi connectivity index (χ0) is 25.5. The summed E-state index contributed by atoms with van der Waals surface area (Å²) < 4.78 is 26.4. The van der Waals surface area contributed by atoms with Crippen LogP contribution in [-0.2, 0) is 31.4 Å². The molecular formula is C26H37N3O4S. The van der Waals surface area contributed by atoms with Crippen LogP contribution in [0.3, 0.4) is 0 Å². The van der Waals surface area contributed by atoms with E-state index in [4.69, 9.17) is 0 Å². The Labute approximate surface area is 204 Å². The second-order valence-electron chi connectivity index (χ2n) is 9.46. The fourth-order valence-corrected chi connectivity index (χ4v) is 4.48. The molecule has 186 valence electrons. The first-order valence-corrected chi connectivity index (χ1v) is 13.4. The number of amides is 2. The SMILES string of the molecule is CCNC(=O)[C@H](C)N(CCc1ccccc1)C(=O)CN(c1ccc(C(C)(C)C)cc1)S(C)(=O)=O. The Balaban J connectivity index is 2.31. The molecule has 2 aromatic rings. The van der Waals surface area contributed by atoms with E-state index in [0.717, 1.165) is 21.7 Å². The number of benzene rings is 2. The van der Waals surface area contributed by atoms with Crippen LogP contribution in [0.15, 0.2) is 54.6 Å². The van der Waals surface area contributed by atoms with Gasteiger partial charge in [0.1, 0.15) is 12.6 Å². The fraction of sp³-hybridized carbons (Fsp3) is 0.462. The molecular weight excluding hydrogens is 450 g/mol. The van der Waals surface area contributed by atoms with Gasteiger partial charge in [-0.3, -0.25) is 13.9 Å². The summed E-state index contributed by atoms with van der Waals surface area (Å²) in [4.78, 5) is 27.4. The molecule has 8 heteroatoms. The van der Waals surface area contributed by atoms with Gasteiger partial charge in [-0.15, -0.1) is 0 Å². The summed E-state index contributed by atoms with van der Waals surface area (Å²) in [5, 5.41) is 2.75. The van der Waals surface area contributed by atoms with Crippen molar-refractivity contribution in [1.29, 1.82) is 0 Å². The molecule has 2 amide bonds. The summed E-state index contributed by atoms with van der Waals surface area (Å²) in [6, 6.07) is 16.1. The van der Waals surface area contributed by atoms with Crippen LogP contribution in [0.25, 0.3) is 0 Å². The number of likely N-dealkylation sites (N-methyl/N-ethyl adjacent to an activating group) is 1. The molecule has 1 atom stereocenters. The molecule has 0 aliphatic rings. The van der Waals surface area contributed by atoms with Crippen LogP contribution in [0.5, 0.6) is 0 Å². The van der Waals surface area contributed by atoms with Gasteiger partial charge in [0, 0.05) is 13.1 Å². The van der Waals surface area contributed by atoms with E-state index in [1.54, 1.807) is 19.1 Å². The first kappa shape index (κ1) is 27.4. The third-order valence-corrected chi connectivity index (χ3v) is 6.84. The number of sulfonamides is 1. The minimum Gasteiger partial charge on any atom is -0.355 e. The molecule has 0 spiro atoms. The molecule has 0 radical (unpaired) electrons. The number of carbonyl (C=O) groups is 2. The lowest BCUT2D eigenvalue weighted by molar-refractivity contribution is -0.138. The number of hydrogen-bond donors (Lipinski definition) is 1. The largest absolute Gasteiger partial charge is 0.355 e. The van der Waals surface area contributed by atoms with Gasteiger partial charge in [0.25, 0.3) is 0 Å². The molecule has 0 aliphatic heterocycles. The quantitative estimate of drug-likeness (QED) is 0.557. The molecule has 0 saturated carbocycles. The molecule has 0 fully saturated rings. The van der Waals surface area contributed by atoms with Gasteiger partial charge in [0.15, 0.2) is 0 Å². The summed E-state index contributed by atoms with van der Waals surface area (Å²) in [7, 11) is -3.73. The standard InChI is InChI=1S/C26H37N3O4S/c1-7-27-25(31)20(2)28(18-17-21-11-9-8-10-12-21)24(30)19-29(34(6,32)33)23-15-13-22(14-16-23)26(3,4)5/h8-16,20H,7,17-19H2,1-6H3,(H,27,31)/t20-/m0/s1. The predicted molar refractivity (Wildman–Crippen MR) is 137 cm³/mol. The number of nitrogens with zero attached hydrogens (tertiary/aromatic N) is 2. The van der Waals surface area contributed by atoms with E-state index < -0.39 is 22.0 Å². The van der Waals surface area contributed by atoms with Gasteiger partial charge in [-0.25, -0.2) is 8.42 Å². The monoisotopic (exact) mass is 487 g/mol. The van der Waals surface area contributed by atoms with Gasteiger partial charge >= 0.3 is 0 Å². The summed E-state index contributed by atoms with van der Waals surface area (Å²) in [6.07, 6.45) is 1.63. The maximum absolute atomic E-state index is 13.4. The minimum absolute atomic E-state index is 0.0828. The fourth-order valence-electron chi connectivity index (χ4n) is 3.63. The molecule has 0 aliphatic carbocycles. The zero-order valence-electron chi connectivity index (χ0n) is 21.0. The molecule has 2 aromatic carbocycles. The predicted octanol–water partition coefficient (Wildman–Crippen LogP) is 3.35. The first-order chi connectivity index (χ1) is 15.8. The third-order valence-electron chi connectivity index (χ3n) is 5.70. The normalized spacial score (nSPS) is 12.6. The van der Waals surface area contributed by atoms with Crippen molar-refractivity contribution >= 4 is 27.5 Å². The van der Waals surface area contributed by atoms with Crippen molar-refractivity contribution < 1.29 is 18.0 Å². The molecule has 0 unspecified atom stereocenters. The van der Waals surface area contributed by atoms with Gasteiger partial charge in [-0.2, -0.15) is 0 Å². The number of hydrogen-bond acceptors (Lipinski definition) is 4. The van der Waals surface area contributed by atoms with Gasteiger partial charge in [0.05, 0.1) is 11.9 Å². The Bertz CT molecular complexity index is 1060. The highest BCUT2D eigenvalue weighted by molar-refractivity contribution is 7.92. The first-order valence-electron chi connectivity index (χ1n) is 11.5. The summed E-state index contributed by atoms with van der Waals surface area (Å²) in [5.74, 6) is -0.704. The topological polar surface area (TPSA) is 86.8 Å². The van der Waals surface area contributed by atoms with Gasteiger partial charge in [-0.05, 0) is 48.9 Å². The van der Waals surface area contributed by atoms with Crippen molar-refractivity contribution in [2.24, 2.45) is 0 Å². The van der Waals surface area contributed by atoms with Gasteiger partial charge in [0.2, 0.25) is 21.8 Å². The van der Waals surface area contributed by atoms with Crippen LogP contribution in [0.4, 0.5) is 5.69 Å². The molecule has 1 N–H and O–H groups in total. The van der Waals surface area contributed by atoms with E-state index in [1.165, 1.54) is 4.90 Å². The minimum atomic E-state index is -3.73. The van der Waals surface area contributed by atoms with Crippen molar-refractivity contribution in [2.45, 2.75) is 52.5 Å². The van der Waals surface area contributed by atoms with E-state index in [0.29, 0.717) is 25.2 Å². The van der Waals surface area contributed by atoms with Gasteiger partial charge < -0.3 is 10.2 Å². The number of carbonyl (C=O) groups excluding carboxylic acids is 2. The molecule has 2 rings (SSSR count). The molecule has 0 aromatic heterocycles. The van der Waals surface area contributed by atoms with E-state index >= 15 is 0 Å². The van der Waals surface area contributed by atoms with Crippen LogP contribution in [0.2, 0.25) is 0 Å². The molecule has 7 nitrogen and oxygen atoms in total. The van der Waals surface area contributed by atoms with Crippen molar-refractivity contribution in [2.75, 3.05) is 30.2 Å². The molecule has 0 bridgehead atoms. The summed E-state index contributed by atoms with van der Waals surface area (Å²) in [5.41, 5.74) is 2.42. The van der Waals surface area contributed by atoms with Crippen LogP contribution in [0, 0.1) is 0 Å². The summed E-state index contributed by atoms with van der Waals surface area (Å²) >= 11 is 0. The van der Waals surface area contributed by atoms with Crippen molar-refractivity contribution in [3.8, 4) is 0 Å². The van der Waals surface area contributed by atoms with Crippen LogP contribution in [0.1, 0.15) is 45.7 Å². The Hall–Kier alpha value is -2.87. The lowest BCUT2D eigenvalue weighted by Gasteiger charge is -2.31. The lowest BCUT2D eigenvalue weighted by atomic mass is 9.87. The second kappa shape index (κ2) is 11.5. The van der Waals surface area contributed by atoms with Crippen LogP contribution >= 0.6 is 0 Å². The number of anilines is 1. The zero-order valence-corrected chi connectivity index (χ0v) is 21.9. The number of nitrogens with one attached hydrogen (secondary N) is 1. The van der Waals surface area contributed by atoms with E-state index in [9.17, 15) is 18.0 Å². The number of rotatable bonds is 10. The van der Waals surface area contributed by atoms with E-state index in [-0.39, 0.29) is 17.9 Å². The Kier molecular flexibility index (Phi) is 9.27. The highest BCUT2D eigenvalue weighted by atomic mass is 32.2. The van der Waals surface area contributed by atoms with E-state index in [2.05, 4.69) is 26.1 Å². The highest BCUT2D eigenvalue weighted by Gasteiger charge is 2.29. The smallest absolute Gasteiger partial charge is 0.244 e. The van der Waals surface area contributed by atoms with E-state index in [1.807, 2.05) is 49.4 Å². The Morgan fingerprint density at radius 2 is 1.59 bits per heavy atom. The maximum Gasteiger partial charge on any atom is 0.244 e. The van der Waals surface area contributed by atoms with Crippen LogP contribution < -0.4 is 9.62 Å². The molecule has 0 heterocycles. The summed E-state index contributed by atoms with van der Waals surface area (Å²) in [6.45, 7) is 10.1.